The molecule has 0 radical (unpaired) electrons. The van der Waals surface area contributed by atoms with Crippen molar-refractivity contribution in [3.05, 3.63) is 25.9 Å². The van der Waals surface area contributed by atoms with Crippen LogP contribution in [0.2, 0.25) is 0 Å². The van der Waals surface area contributed by atoms with Gasteiger partial charge in [0.05, 0.1) is 10.2 Å². The summed E-state index contributed by atoms with van der Waals surface area (Å²) in [6.45, 7) is 5.54. The molecule has 2 rings (SSSR count). The number of ether oxygens (including phenoxy) is 1. The maximum atomic E-state index is 11.5. The smallest absolute Gasteiger partial charge is 0.264 e. The maximum absolute atomic E-state index is 11.5. The van der Waals surface area contributed by atoms with Gasteiger partial charge in [-0.25, -0.2) is 4.98 Å². The van der Waals surface area contributed by atoms with Gasteiger partial charge in [0.15, 0.2) is 0 Å². The lowest BCUT2D eigenvalue weighted by Crippen LogP contribution is -2.39. The van der Waals surface area contributed by atoms with E-state index in [1.807, 2.05) is 22.6 Å². The van der Waals surface area contributed by atoms with Crippen molar-refractivity contribution in [1.29, 1.82) is 0 Å². The molecule has 88 valence electrons. The van der Waals surface area contributed by atoms with Gasteiger partial charge in [-0.1, -0.05) is 6.92 Å². The van der Waals surface area contributed by atoms with E-state index in [-0.39, 0.29) is 11.7 Å². The molecule has 0 aliphatic carbocycles. The molecule has 1 N–H and O–H groups in total. The molecule has 1 aliphatic heterocycles. The molecule has 1 saturated heterocycles. The van der Waals surface area contributed by atoms with E-state index in [9.17, 15) is 4.79 Å². The third-order valence-corrected chi connectivity index (χ3v) is 3.45. The summed E-state index contributed by atoms with van der Waals surface area (Å²) in [5, 5.41) is 0. The summed E-state index contributed by atoms with van der Waals surface area (Å²) in [4.78, 5) is 20.7. The number of likely N-dealkylation sites (N-methyl/N-ethyl adjacent to an activating group) is 1. The molecule has 1 aromatic rings. The first-order valence-electron chi connectivity index (χ1n) is 5.29. The van der Waals surface area contributed by atoms with Crippen molar-refractivity contribution in [2.24, 2.45) is 0 Å². The van der Waals surface area contributed by atoms with Crippen molar-refractivity contribution in [3.8, 4) is 0 Å². The fraction of sp³-hybridized carbons (Fsp3) is 0.600. The van der Waals surface area contributed by atoms with Crippen LogP contribution >= 0.6 is 22.6 Å². The Morgan fingerprint density at radius 2 is 2.56 bits per heavy atom. The van der Waals surface area contributed by atoms with E-state index in [0.29, 0.717) is 16.0 Å². The van der Waals surface area contributed by atoms with Gasteiger partial charge in [0.2, 0.25) is 0 Å². The van der Waals surface area contributed by atoms with Gasteiger partial charge in [-0.15, -0.1) is 0 Å². The second-order valence-corrected chi connectivity index (χ2v) is 4.86. The molecule has 2 heterocycles. The van der Waals surface area contributed by atoms with Gasteiger partial charge in [-0.2, -0.15) is 0 Å². The van der Waals surface area contributed by atoms with Crippen LogP contribution in [0.4, 0.5) is 0 Å². The number of rotatable bonds is 2. The molecular weight excluding hydrogens is 321 g/mol. The second-order valence-electron chi connectivity index (χ2n) is 3.70. The standard InChI is InChI=1S/C10H14IN3O2/c1-2-14-3-4-16-8(6-14)9-12-5-7(11)10(15)13-9/h5,8H,2-4,6H2,1H3,(H,12,13,15). The van der Waals surface area contributed by atoms with E-state index >= 15 is 0 Å². The topological polar surface area (TPSA) is 58.2 Å². The van der Waals surface area contributed by atoms with E-state index in [0.717, 1.165) is 19.6 Å². The Hall–Kier alpha value is -0.470. The molecule has 5 nitrogen and oxygen atoms in total. The summed E-state index contributed by atoms with van der Waals surface area (Å²) >= 11 is 1.97. The zero-order valence-electron chi connectivity index (χ0n) is 9.07. The molecule has 1 aromatic heterocycles. The molecule has 0 bridgehead atoms. The zero-order valence-corrected chi connectivity index (χ0v) is 11.2. The number of hydrogen-bond donors (Lipinski definition) is 1. The number of aromatic amines is 1. The van der Waals surface area contributed by atoms with E-state index in [4.69, 9.17) is 4.74 Å². The van der Waals surface area contributed by atoms with Crippen LogP contribution in [0.15, 0.2) is 11.0 Å². The molecule has 0 spiro atoms. The molecular formula is C10H14IN3O2. The fourth-order valence-corrected chi connectivity index (χ4v) is 1.99. The van der Waals surface area contributed by atoms with Gasteiger partial charge in [-0.05, 0) is 29.1 Å². The highest BCUT2D eigenvalue weighted by Gasteiger charge is 2.22. The van der Waals surface area contributed by atoms with Gasteiger partial charge in [0.1, 0.15) is 11.9 Å². The van der Waals surface area contributed by atoms with Crippen LogP contribution in [0, 0.1) is 3.57 Å². The quantitative estimate of drug-likeness (QED) is 0.811. The van der Waals surface area contributed by atoms with Crippen molar-refractivity contribution >= 4 is 22.6 Å². The predicted octanol–water partition coefficient (Wildman–Crippen LogP) is 0.768. The SMILES string of the molecule is CCN1CCOC(c2ncc(I)c(=O)[nH]2)C1. The summed E-state index contributed by atoms with van der Waals surface area (Å²) in [6.07, 6.45) is 1.47. The monoisotopic (exact) mass is 335 g/mol. The Morgan fingerprint density at radius 3 is 3.25 bits per heavy atom. The highest BCUT2D eigenvalue weighted by atomic mass is 127. The molecule has 6 heteroatoms. The molecule has 0 amide bonds. The molecule has 1 aliphatic rings. The van der Waals surface area contributed by atoms with Gasteiger partial charge in [0, 0.05) is 19.3 Å². The lowest BCUT2D eigenvalue weighted by atomic mass is 10.2. The first-order chi connectivity index (χ1) is 7.70. The minimum absolute atomic E-state index is 0.0946. The van der Waals surface area contributed by atoms with Crippen LogP contribution in [0.3, 0.4) is 0 Å². The summed E-state index contributed by atoms with van der Waals surface area (Å²) in [5.74, 6) is 0.628. The summed E-state index contributed by atoms with van der Waals surface area (Å²) in [7, 11) is 0. The van der Waals surface area contributed by atoms with Gasteiger partial charge in [0.25, 0.3) is 5.56 Å². The van der Waals surface area contributed by atoms with Crippen molar-refractivity contribution in [2.45, 2.75) is 13.0 Å². The van der Waals surface area contributed by atoms with Crippen molar-refractivity contribution in [2.75, 3.05) is 26.2 Å². The first-order valence-corrected chi connectivity index (χ1v) is 6.37. The Bertz CT molecular complexity index is 421. The maximum Gasteiger partial charge on any atom is 0.264 e. The van der Waals surface area contributed by atoms with E-state index < -0.39 is 0 Å². The zero-order chi connectivity index (χ0) is 11.5. The number of nitrogens with zero attached hydrogens (tertiary/aromatic N) is 2. The average molecular weight is 335 g/mol. The van der Waals surface area contributed by atoms with Gasteiger partial charge < -0.3 is 9.72 Å². The summed E-state index contributed by atoms with van der Waals surface area (Å²) in [5.41, 5.74) is -0.0946. The Morgan fingerprint density at radius 1 is 1.75 bits per heavy atom. The van der Waals surface area contributed by atoms with Crippen molar-refractivity contribution in [1.82, 2.24) is 14.9 Å². The van der Waals surface area contributed by atoms with Gasteiger partial charge >= 0.3 is 0 Å². The summed E-state index contributed by atoms with van der Waals surface area (Å²) in [6, 6.07) is 0. The van der Waals surface area contributed by atoms with Crippen molar-refractivity contribution in [3.63, 3.8) is 0 Å². The number of morpholine rings is 1. The third-order valence-electron chi connectivity index (χ3n) is 2.68. The number of nitrogens with one attached hydrogen (secondary N) is 1. The van der Waals surface area contributed by atoms with Crippen LogP contribution in [0.5, 0.6) is 0 Å². The van der Waals surface area contributed by atoms with Crippen LogP contribution in [-0.2, 0) is 4.74 Å². The number of hydrogen-bond acceptors (Lipinski definition) is 4. The minimum Gasteiger partial charge on any atom is -0.368 e. The molecule has 1 unspecified atom stereocenters. The molecule has 16 heavy (non-hydrogen) atoms. The fourth-order valence-electron chi connectivity index (χ4n) is 1.71. The van der Waals surface area contributed by atoms with Gasteiger partial charge in [-0.3, -0.25) is 9.69 Å². The number of H-pyrrole nitrogens is 1. The number of aromatic nitrogens is 2. The Labute approximate surface area is 107 Å². The van der Waals surface area contributed by atoms with Crippen LogP contribution in [-0.4, -0.2) is 41.1 Å². The highest BCUT2D eigenvalue weighted by molar-refractivity contribution is 14.1. The van der Waals surface area contributed by atoms with Crippen molar-refractivity contribution < 1.29 is 4.74 Å². The third kappa shape index (κ3) is 2.61. The molecule has 0 aromatic carbocycles. The molecule has 1 fully saturated rings. The molecule has 1 atom stereocenters. The lowest BCUT2D eigenvalue weighted by Gasteiger charge is -2.31. The lowest BCUT2D eigenvalue weighted by molar-refractivity contribution is -0.0327. The van der Waals surface area contributed by atoms with E-state index in [2.05, 4.69) is 21.8 Å². The molecule has 0 saturated carbocycles. The van der Waals surface area contributed by atoms with E-state index in [1.165, 1.54) is 0 Å². The number of halogens is 1. The minimum atomic E-state index is -0.113. The Balaban J connectivity index is 2.17. The first kappa shape index (κ1) is 12.0. The average Bonchev–Trinajstić information content (AvgIpc) is 2.33. The largest absolute Gasteiger partial charge is 0.368 e. The van der Waals surface area contributed by atoms with Crippen LogP contribution < -0.4 is 5.56 Å². The normalized spacial score (nSPS) is 22.2. The highest BCUT2D eigenvalue weighted by Crippen LogP contribution is 2.17. The van der Waals surface area contributed by atoms with Crippen LogP contribution in [0.1, 0.15) is 18.9 Å². The van der Waals surface area contributed by atoms with E-state index in [1.54, 1.807) is 6.20 Å². The Kier molecular flexibility index (Phi) is 3.93. The van der Waals surface area contributed by atoms with Crippen LogP contribution in [0.25, 0.3) is 0 Å². The summed E-state index contributed by atoms with van der Waals surface area (Å²) < 4.78 is 6.22. The second kappa shape index (κ2) is 5.24. The predicted molar refractivity (Wildman–Crippen MR) is 68.4 cm³/mol.